The van der Waals surface area contributed by atoms with Crippen LogP contribution in [0.5, 0.6) is 0 Å². The number of ether oxygens (including phenoxy) is 2. The maximum Gasteiger partial charge on any atom is 0.340 e. The van der Waals surface area contributed by atoms with Crippen LogP contribution >= 0.6 is 0 Å². The van der Waals surface area contributed by atoms with E-state index in [0.29, 0.717) is 0 Å². The first-order valence-electron chi connectivity index (χ1n) is 7.45. The predicted octanol–water partition coefficient (Wildman–Crippen LogP) is 2.41. The van der Waals surface area contributed by atoms with Gasteiger partial charge in [0.2, 0.25) is 6.04 Å². The molecular weight excluding hydrogens is 282 g/mol. The topological polar surface area (TPSA) is 57.5 Å². The second kappa shape index (κ2) is 5.83. The van der Waals surface area contributed by atoms with E-state index >= 15 is 0 Å². The molecule has 0 atom stereocenters. The van der Waals surface area contributed by atoms with Gasteiger partial charge in [-0.1, -0.05) is 18.2 Å². The van der Waals surface area contributed by atoms with E-state index in [4.69, 9.17) is 9.47 Å². The van der Waals surface area contributed by atoms with Crippen molar-refractivity contribution in [1.82, 2.24) is 4.57 Å². The van der Waals surface area contributed by atoms with Crippen LogP contribution in [0.3, 0.4) is 0 Å². The summed E-state index contributed by atoms with van der Waals surface area (Å²) in [6, 6.07) is 6.79. The van der Waals surface area contributed by atoms with Crippen molar-refractivity contribution in [1.29, 1.82) is 0 Å². The molecule has 0 radical (unpaired) electrons. The molecule has 0 unspecified atom stereocenters. The van der Waals surface area contributed by atoms with Gasteiger partial charge in [0.1, 0.15) is 0 Å². The van der Waals surface area contributed by atoms with E-state index < -0.39 is 18.0 Å². The van der Waals surface area contributed by atoms with Crippen LogP contribution in [0.15, 0.2) is 24.3 Å². The van der Waals surface area contributed by atoms with E-state index in [0.717, 1.165) is 42.3 Å². The first kappa shape index (κ1) is 14.6. The molecule has 1 aromatic heterocycles. The van der Waals surface area contributed by atoms with Crippen LogP contribution in [0, 0.1) is 0 Å². The number of fused-ring (bicyclic) bond motifs is 3. The average molecular weight is 301 g/mol. The van der Waals surface area contributed by atoms with Gasteiger partial charge in [-0.25, -0.2) is 9.59 Å². The standard InChI is InChI=1S/C17H19NO4/c1-21-16(19)15(17(20)22-2)18-13-9-5-3-7-11(13)12-8-4-6-10-14(12)18/h3,5,7,9,15H,4,6,8,10H2,1-2H3. The first-order valence-corrected chi connectivity index (χ1v) is 7.45. The Morgan fingerprint density at radius 2 is 1.68 bits per heavy atom. The van der Waals surface area contributed by atoms with E-state index in [1.165, 1.54) is 19.8 Å². The summed E-state index contributed by atoms with van der Waals surface area (Å²) in [5.41, 5.74) is 3.17. The number of para-hydroxylation sites is 1. The van der Waals surface area contributed by atoms with Crippen molar-refractivity contribution in [3.8, 4) is 0 Å². The molecule has 3 rings (SSSR count). The van der Waals surface area contributed by atoms with Crippen molar-refractivity contribution in [2.75, 3.05) is 14.2 Å². The van der Waals surface area contributed by atoms with E-state index in [2.05, 4.69) is 0 Å². The number of rotatable bonds is 3. The van der Waals surface area contributed by atoms with E-state index in [1.807, 2.05) is 28.8 Å². The summed E-state index contributed by atoms with van der Waals surface area (Å²) in [6.45, 7) is 0. The molecule has 0 amide bonds. The molecule has 2 aromatic rings. The molecule has 0 saturated carbocycles. The highest BCUT2D eigenvalue weighted by molar-refractivity contribution is 6.00. The summed E-state index contributed by atoms with van der Waals surface area (Å²) in [5.74, 6) is -1.19. The molecule has 1 aliphatic carbocycles. The first-order chi connectivity index (χ1) is 10.7. The number of carbonyl (C=O) groups excluding carboxylic acids is 2. The number of carbonyl (C=O) groups is 2. The van der Waals surface area contributed by atoms with Crippen LogP contribution in [0.4, 0.5) is 0 Å². The van der Waals surface area contributed by atoms with Crippen molar-refractivity contribution in [2.45, 2.75) is 31.7 Å². The fourth-order valence-corrected chi connectivity index (χ4v) is 3.35. The third-order valence-corrected chi connectivity index (χ3v) is 4.33. The second-order valence-electron chi connectivity index (χ2n) is 5.47. The molecule has 0 bridgehead atoms. The summed E-state index contributed by atoms with van der Waals surface area (Å²) in [7, 11) is 2.58. The minimum atomic E-state index is -1.08. The van der Waals surface area contributed by atoms with Gasteiger partial charge in [-0.05, 0) is 37.3 Å². The number of esters is 2. The van der Waals surface area contributed by atoms with E-state index in [1.54, 1.807) is 0 Å². The minimum absolute atomic E-state index is 0.596. The minimum Gasteiger partial charge on any atom is -0.467 e. The van der Waals surface area contributed by atoms with Crippen molar-refractivity contribution in [3.63, 3.8) is 0 Å². The average Bonchev–Trinajstić information content (AvgIpc) is 2.90. The predicted molar refractivity (Wildman–Crippen MR) is 81.6 cm³/mol. The Balaban J connectivity index is 2.28. The van der Waals surface area contributed by atoms with Gasteiger partial charge in [0, 0.05) is 16.6 Å². The lowest BCUT2D eigenvalue weighted by molar-refractivity contribution is -0.157. The summed E-state index contributed by atoms with van der Waals surface area (Å²) >= 11 is 0. The number of nitrogens with zero attached hydrogens (tertiary/aromatic N) is 1. The Morgan fingerprint density at radius 1 is 1.05 bits per heavy atom. The lowest BCUT2D eigenvalue weighted by atomic mass is 9.95. The monoisotopic (exact) mass is 301 g/mol. The molecule has 1 heterocycles. The van der Waals surface area contributed by atoms with Gasteiger partial charge in [0.25, 0.3) is 0 Å². The Morgan fingerprint density at radius 3 is 2.36 bits per heavy atom. The summed E-state index contributed by atoms with van der Waals surface area (Å²) in [6.07, 6.45) is 4.01. The van der Waals surface area contributed by atoms with Gasteiger partial charge in [-0.3, -0.25) is 0 Å². The van der Waals surface area contributed by atoms with Gasteiger partial charge >= 0.3 is 11.9 Å². The Labute approximate surface area is 128 Å². The zero-order chi connectivity index (χ0) is 15.7. The smallest absolute Gasteiger partial charge is 0.340 e. The van der Waals surface area contributed by atoms with Gasteiger partial charge in [0.15, 0.2) is 0 Å². The number of aryl methyl sites for hydroxylation is 1. The maximum atomic E-state index is 12.2. The van der Waals surface area contributed by atoms with E-state index in [9.17, 15) is 9.59 Å². The zero-order valence-electron chi connectivity index (χ0n) is 12.8. The van der Waals surface area contributed by atoms with Crippen LogP contribution in [0.25, 0.3) is 10.9 Å². The summed E-state index contributed by atoms with van der Waals surface area (Å²) in [4.78, 5) is 24.4. The molecule has 1 aliphatic rings. The van der Waals surface area contributed by atoms with Gasteiger partial charge in [-0.15, -0.1) is 0 Å². The van der Waals surface area contributed by atoms with Crippen molar-refractivity contribution in [3.05, 3.63) is 35.5 Å². The summed E-state index contributed by atoms with van der Waals surface area (Å²) in [5, 5.41) is 1.11. The van der Waals surface area contributed by atoms with Gasteiger partial charge in [0.05, 0.1) is 14.2 Å². The van der Waals surface area contributed by atoms with Gasteiger partial charge < -0.3 is 14.0 Å². The van der Waals surface area contributed by atoms with Crippen LogP contribution in [-0.2, 0) is 31.9 Å². The fraction of sp³-hybridized carbons (Fsp3) is 0.412. The number of methoxy groups -OCH3 is 2. The lowest BCUT2D eigenvalue weighted by Gasteiger charge is -2.21. The number of aromatic nitrogens is 1. The molecular formula is C17H19NO4. The number of benzene rings is 1. The number of hydrogen-bond donors (Lipinski definition) is 0. The fourth-order valence-electron chi connectivity index (χ4n) is 3.35. The molecule has 22 heavy (non-hydrogen) atoms. The quantitative estimate of drug-likeness (QED) is 0.645. The Kier molecular flexibility index (Phi) is 3.88. The largest absolute Gasteiger partial charge is 0.467 e. The highest BCUT2D eigenvalue weighted by atomic mass is 16.5. The molecule has 5 heteroatoms. The third kappa shape index (κ3) is 2.17. The number of hydrogen-bond acceptors (Lipinski definition) is 4. The summed E-state index contributed by atoms with van der Waals surface area (Å²) < 4.78 is 11.5. The molecule has 0 aliphatic heterocycles. The van der Waals surface area contributed by atoms with Crippen molar-refractivity contribution < 1.29 is 19.1 Å². The zero-order valence-corrected chi connectivity index (χ0v) is 12.8. The molecule has 1 aromatic carbocycles. The van der Waals surface area contributed by atoms with Gasteiger partial charge in [-0.2, -0.15) is 0 Å². The maximum absolute atomic E-state index is 12.2. The Bertz CT molecular complexity index is 716. The molecule has 116 valence electrons. The highest BCUT2D eigenvalue weighted by Crippen LogP contribution is 2.35. The van der Waals surface area contributed by atoms with Crippen molar-refractivity contribution in [2.24, 2.45) is 0 Å². The molecule has 0 fully saturated rings. The Hall–Kier alpha value is -2.30. The molecule has 0 spiro atoms. The van der Waals surface area contributed by atoms with E-state index in [-0.39, 0.29) is 0 Å². The van der Waals surface area contributed by atoms with Crippen LogP contribution < -0.4 is 0 Å². The second-order valence-corrected chi connectivity index (χ2v) is 5.47. The van der Waals surface area contributed by atoms with Crippen molar-refractivity contribution >= 4 is 22.8 Å². The van der Waals surface area contributed by atoms with Crippen LogP contribution in [0.1, 0.15) is 30.1 Å². The highest BCUT2D eigenvalue weighted by Gasteiger charge is 2.35. The van der Waals surface area contributed by atoms with Crippen LogP contribution in [0.2, 0.25) is 0 Å². The molecule has 0 N–H and O–H groups in total. The normalized spacial score (nSPS) is 14.0. The van der Waals surface area contributed by atoms with Crippen LogP contribution in [-0.4, -0.2) is 30.7 Å². The lowest BCUT2D eigenvalue weighted by Crippen LogP contribution is -2.31. The molecule has 0 saturated heterocycles. The molecule has 5 nitrogen and oxygen atoms in total. The SMILES string of the molecule is COC(=O)C(C(=O)OC)n1c2c(c3ccccc31)CCCC2. The third-order valence-electron chi connectivity index (χ3n) is 4.33.